The molecule has 0 radical (unpaired) electrons. The fraction of sp³-hybridized carbons (Fsp3) is 0.292. The molecule has 0 aliphatic carbocycles. The van der Waals surface area contributed by atoms with Crippen LogP contribution in [-0.2, 0) is 17.8 Å². The first-order chi connectivity index (χ1) is 16.1. The number of carbonyl (C=O) groups excluding carboxylic acids is 1. The standard InChI is InChI=1S/C24H24N8O/c1-31-11-9-16-12-19(8-7-17(16)15-31)27-24-26-14-18(13-25)23(30-24)29-20-4-2-5-21(28-20)32-10-3-6-22(32)33/h2,4-5,7-8,12,14H,3,6,9-11,15H2,1H3,(H2,26,27,28,29,30). The van der Waals surface area contributed by atoms with Gasteiger partial charge < -0.3 is 15.5 Å². The third kappa shape index (κ3) is 4.47. The van der Waals surface area contributed by atoms with E-state index in [2.05, 4.69) is 55.7 Å². The lowest BCUT2D eigenvalue weighted by Gasteiger charge is -2.25. The molecule has 1 aromatic carbocycles. The lowest BCUT2D eigenvalue weighted by atomic mass is 9.99. The molecule has 0 bridgehead atoms. The predicted molar refractivity (Wildman–Crippen MR) is 126 cm³/mol. The van der Waals surface area contributed by atoms with Gasteiger partial charge in [-0.3, -0.25) is 9.69 Å². The van der Waals surface area contributed by atoms with E-state index < -0.39 is 0 Å². The molecule has 1 fully saturated rings. The van der Waals surface area contributed by atoms with Gasteiger partial charge in [0.1, 0.15) is 23.3 Å². The monoisotopic (exact) mass is 440 g/mol. The summed E-state index contributed by atoms with van der Waals surface area (Å²) < 4.78 is 0. The Labute approximate surface area is 192 Å². The lowest BCUT2D eigenvalue weighted by Crippen LogP contribution is -2.26. The van der Waals surface area contributed by atoms with Gasteiger partial charge in [0.25, 0.3) is 0 Å². The smallest absolute Gasteiger partial charge is 0.229 e. The molecule has 2 N–H and O–H groups in total. The van der Waals surface area contributed by atoms with E-state index in [1.165, 1.54) is 17.3 Å². The van der Waals surface area contributed by atoms with E-state index in [0.717, 1.165) is 31.6 Å². The largest absolute Gasteiger partial charge is 0.324 e. The van der Waals surface area contributed by atoms with E-state index in [1.807, 2.05) is 12.1 Å². The van der Waals surface area contributed by atoms with Crippen molar-refractivity contribution in [2.75, 3.05) is 35.7 Å². The van der Waals surface area contributed by atoms with E-state index >= 15 is 0 Å². The highest BCUT2D eigenvalue weighted by molar-refractivity contribution is 5.94. The number of amides is 1. The van der Waals surface area contributed by atoms with Crippen LogP contribution in [0, 0.1) is 11.3 Å². The second-order valence-electron chi connectivity index (χ2n) is 8.32. The molecule has 0 unspecified atom stereocenters. The molecule has 1 amide bonds. The predicted octanol–water partition coefficient (Wildman–Crippen LogP) is 3.35. The number of nitriles is 1. The molecular weight excluding hydrogens is 416 g/mol. The minimum Gasteiger partial charge on any atom is -0.324 e. The van der Waals surface area contributed by atoms with Crippen LogP contribution < -0.4 is 15.5 Å². The van der Waals surface area contributed by atoms with Crippen molar-refractivity contribution in [3.63, 3.8) is 0 Å². The average Bonchev–Trinajstić information content (AvgIpc) is 3.25. The van der Waals surface area contributed by atoms with Crippen molar-refractivity contribution >= 4 is 35.0 Å². The maximum Gasteiger partial charge on any atom is 0.229 e. The number of aromatic nitrogens is 3. The highest BCUT2D eigenvalue weighted by Crippen LogP contribution is 2.26. The number of hydrogen-bond donors (Lipinski definition) is 2. The van der Waals surface area contributed by atoms with Crippen LogP contribution in [0.1, 0.15) is 29.5 Å². The van der Waals surface area contributed by atoms with Crippen molar-refractivity contribution in [2.24, 2.45) is 0 Å². The van der Waals surface area contributed by atoms with Gasteiger partial charge in [-0.2, -0.15) is 10.2 Å². The second kappa shape index (κ2) is 8.84. The van der Waals surface area contributed by atoms with Gasteiger partial charge >= 0.3 is 0 Å². The molecule has 166 valence electrons. The van der Waals surface area contributed by atoms with Crippen molar-refractivity contribution in [3.05, 3.63) is 59.3 Å². The summed E-state index contributed by atoms with van der Waals surface area (Å²) in [6.07, 6.45) is 3.86. The molecule has 4 heterocycles. The summed E-state index contributed by atoms with van der Waals surface area (Å²) in [6.45, 7) is 2.65. The molecule has 1 saturated heterocycles. The lowest BCUT2D eigenvalue weighted by molar-refractivity contribution is -0.117. The first-order valence-electron chi connectivity index (χ1n) is 11.0. The molecular formula is C24H24N8O. The van der Waals surface area contributed by atoms with Gasteiger partial charge in [0, 0.05) is 31.7 Å². The van der Waals surface area contributed by atoms with Gasteiger partial charge in [-0.05, 0) is 55.3 Å². The molecule has 3 aromatic rings. The van der Waals surface area contributed by atoms with E-state index in [-0.39, 0.29) is 5.91 Å². The summed E-state index contributed by atoms with van der Waals surface area (Å²) in [7, 11) is 2.13. The van der Waals surface area contributed by atoms with Crippen LogP contribution in [0.25, 0.3) is 0 Å². The summed E-state index contributed by atoms with van der Waals surface area (Å²) in [4.78, 5) is 29.4. The number of nitrogens with zero attached hydrogens (tertiary/aromatic N) is 6. The number of carbonyl (C=O) groups is 1. The van der Waals surface area contributed by atoms with E-state index in [4.69, 9.17) is 0 Å². The highest BCUT2D eigenvalue weighted by atomic mass is 16.2. The maximum absolute atomic E-state index is 12.1. The summed E-state index contributed by atoms with van der Waals surface area (Å²) in [5, 5.41) is 15.9. The van der Waals surface area contributed by atoms with E-state index in [9.17, 15) is 10.1 Å². The van der Waals surface area contributed by atoms with Crippen molar-refractivity contribution in [1.29, 1.82) is 5.26 Å². The SMILES string of the molecule is CN1CCc2cc(Nc3ncc(C#N)c(Nc4cccc(N5CCCC5=O)n4)n3)ccc2C1. The third-order valence-corrected chi connectivity index (χ3v) is 5.91. The van der Waals surface area contributed by atoms with Gasteiger partial charge in [-0.15, -0.1) is 0 Å². The number of likely N-dealkylation sites (N-methyl/N-ethyl adjacent to an activating group) is 1. The average molecular weight is 441 g/mol. The van der Waals surface area contributed by atoms with Crippen LogP contribution in [0.2, 0.25) is 0 Å². The Morgan fingerprint density at radius 1 is 1.06 bits per heavy atom. The van der Waals surface area contributed by atoms with Gasteiger partial charge in [-0.25, -0.2) is 9.97 Å². The minimum atomic E-state index is 0.0718. The summed E-state index contributed by atoms with van der Waals surface area (Å²) in [5.74, 6) is 1.91. The zero-order valence-corrected chi connectivity index (χ0v) is 18.4. The van der Waals surface area contributed by atoms with Crippen LogP contribution in [0.4, 0.5) is 29.1 Å². The Morgan fingerprint density at radius 3 is 2.79 bits per heavy atom. The number of pyridine rings is 1. The third-order valence-electron chi connectivity index (χ3n) is 5.91. The Kier molecular flexibility index (Phi) is 5.59. The molecule has 0 spiro atoms. The molecule has 0 saturated carbocycles. The number of benzene rings is 1. The summed E-state index contributed by atoms with van der Waals surface area (Å²) >= 11 is 0. The van der Waals surface area contributed by atoms with Gasteiger partial charge in [-0.1, -0.05) is 12.1 Å². The summed E-state index contributed by atoms with van der Waals surface area (Å²) in [5.41, 5.74) is 3.86. The number of anilines is 5. The Balaban J connectivity index is 1.37. The maximum atomic E-state index is 12.1. The summed E-state index contributed by atoms with van der Waals surface area (Å²) in [6, 6.07) is 13.8. The molecule has 2 aliphatic heterocycles. The zero-order chi connectivity index (χ0) is 22.8. The molecule has 2 aliphatic rings. The Bertz CT molecular complexity index is 1250. The van der Waals surface area contributed by atoms with Crippen LogP contribution >= 0.6 is 0 Å². The molecule has 9 nitrogen and oxygen atoms in total. The number of hydrogen-bond acceptors (Lipinski definition) is 8. The van der Waals surface area contributed by atoms with Crippen LogP contribution in [0.3, 0.4) is 0 Å². The topological polar surface area (TPSA) is 110 Å². The van der Waals surface area contributed by atoms with Crippen molar-refractivity contribution < 1.29 is 4.79 Å². The molecule has 5 rings (SSSR count). The van der Waals surface area contributed by atoms with Gasteiger partial charge in [0.2, 0.25) is 11.9 Å². The minimum absolute atomic E-state index is 0.0718. The van der Waals surface area contributed by atoms with Crippen molar-refractivity contribution in [2.45, 2.75) is 25.8 Å². The number of fused-ring (bicyclic) bond motifs is 1. The first-order valence-corrected chi connectivity index (χ1v) is 11.0. The Morgan fingerprint density at radius 2 is 1.97 bits per heavy atom. The quantitative estimate of drug-likeness (QED) is 0.622. The Hall–Kier alpha value is -4.03. The first kappa shape index (κ1) is 20.8. The molecule has 9 heteroatoms. The zero-order valence-electron chi connectivity index (χ0n) is 18.4. The van der Waals surface area contributed by atoms with Crippen LogP contribution in [0.5, 0.6) is 0 Å². The van der Waals surface area contributed by atoms with Gasteiger partial charge in [0.05, 0.1) is 6.20 Å². The number of rotatable bonds is 5. The van der Waals surface area contributed by atoms with Gasteiger partial charge in [0.15, 0.2) is 5.82 Å². The molecule has 0 atom stereocenters. The molecule has 2 aromatic heterocycles. The highest BCUT2D eigenvalue weighted by Gasteiger charge is 2.23. The fourth-order valence-electron chi connectivity index (χ4n) is 4.17. The molecule has 33 heavy (non-hydrogen) atoms. The fourth-order valence-corrected chi connectivity index (χ4v) is 4.17. The van der Waals surface area contributed by atoms with Crippen LogP contribution in [0.15, 0.2) is 42.6 Å². The van der Waals surface area contributed by atoms with Crippen molar-refractivity contribution in [3.8, 4) is 6.07 Å². The van der Waals surface area contributed by atoms with E-state index in [1.54, 1.807) is 17.0 Å². The van der Waals surface area contributed by atoms with E-state index in [0.29, 0.717) is 41.9 Å². The van der Waals surface area contributed by atoms with Crippen LogP contribution in [-0.4, -0.2) is 45.9 Å². The number of nitrogens with one attached hydrogen (secondary N) is 2. The second-order valence-corrected chi connectivity index (χ2v) is 8.32. The normalized spacial score (nSPS) is 15.8. The van der Waals surface area contributed by atoms with Crippen molar-refractivity contribution in [1.82, 2.24) is 19.9 Å².